The number of aliphatic hydroxyl groups excluding tert-OH is 1. The van der Waals surface area contributed by atoms with Gasteiger partial charge in [0.1, 0.15) is 11.3 Å². The number of rotatable bonds is 5. The maximum absolute atomic E-state index is 11.8. The summed E-state index contributed by atoms with van der Waals surface area (Å²) in [5.74, 6) is -1.67. The second-order valence-corrected chi connectivity index (χ2v) is 3.77. The van der Waals surface area contributed by atoms with Gasteiger partial charge in [-0.25, -0.2) is 9.59 Å². The van der Waals surface area contributed by atoms with Crippen LogP contribution in [0.2, 0.25) is 0 Å². The Morgan fingerprint density at radius 2 is 2.05 bits per heavy atom. The summed E-state index contributed by atoms with van der Waals surface area (Å²) < 4.78 is 0. The maximum Gasteiger partial charge on any atom is 0.339 e. The summed E-state index contributed by atoms with van der Waals surface area (Å²) in [6.45, 7) is 2.23. The minimum absolute atomic E-state index is 0.148. The minimum Gasteiger partial charge on any atom is -0.507 e. The van der Waals surface area contributed by atoms with Crippen LogP contribution in [0.1, 0.15) is 17.3 Å². The van der Waals surface area contributed by atoms with Crippen LogP contribution in [0.3, 0.4) is 0 Å². The average Bonchev–Trinajstić information content (AvgIpc) is 2.35. The molecule has 7 heteroatoms. The largest absolute Gasteiger partial charge is 0.507 e. The number of carboxylic acid groups (broad SMARTS) is 1. The molecule has 19 heavy (non-hydrogen) atoms. The van der Waals surface area contributed by atoms with Crippen LogP contribution in [0.15, 0.2) is 18.2 Å². The molecule has 0 unspecified atom stereocenters. The van der Waals surface area contributed by atoms with Crippen molar-refractivity contribution in [2.45, 2.75) is 6.92 Å². The molecule has 0 bridgehead atoms. The number of hydrogen-bond donors (Lipinski definition) is 4. The first-order chi connectivity index (χ1) is 8.99. The van der Waals surface area contributed by atoms with E-state index in [0.717, 1.165) is 6.07 Å². The number of aromatic carboxylic acids is 1. The van der Waals surface area contributed by atoms with Crippen LogP contribution in [0.5, 0.6) is 5.75 Å². The molecule has 1 aromatic carbocycles. The van der Waals surface area contributed by atoms with E-state index >= 15 is 0 Å². The highest BCUT2D eigenvalue weighted by Crippen LogP contribution is 2.22. The Balaban J connectivity index is 2.80. The number of hydrogen-bond acceptors (Lipinski definition) is 4. The number of nitrogens with one attached hydrogen (secondary N) is 1. The molecule has 2 amide bonds. The number of anilines is 1. The van der Waals surface area contributed by atoms with Crippen LogP contribution >= 0.6 is 0 Å². The molecule has 1 aromatic rings. The number of carbonyl (C=O) groups is 2. The Labute approximate surface area is 110 Å². The normalized spacial score (nSPS) is 10.0. The van der Waals surface area contributed by atoms with Gasteiger partial charge in [0.05, 0.1) is 6.61 Å². The van der Waals surface area contributed by atoms with Gasteiger partial charge in [0.25, 0.3) is 0 Å². The van der Waals surface area contributed by atoms with Crippen LogP contribution in [-0.2, 0) is 0 Å². The van der Waals surface area contributed by atoms with E-state index in [9.17, 15) is 14.7 Å². The zero-order valence-corrected chi connectivity index (χ0v) is 10.5. The maximum atomic E-state index is 11.8. The first-order valence-electron chi connectivity index (χ1n) is 5.72. The number of nitrogens with zero attached hydrogens (tertiary/aromatic N) is 1. The lowest BCUT2D eigenvalue weighted by atomic mass is 10.2. The minimum atomic E-state index is -1.24. The summed E-state index contributed by atoms with van der Waals surface area (Å²) in [5, 5.41) is 29.5. The summed E-state index contributed by atoms with van der Waals surface area (Å²) in [4.78, 5) is 23.9. The van der Waals surface area contributed by atoms with Gasteiger partial charge in [0.15, 0.2) is 0 Å². The van der Waals surface area contributed by atoms with Crippen molar-refractivity contribution in [2.24, 2.45) is 0 Å². The number of benzene rings is 1. The number of aliphatic hydroxyl groups is 1. The zero-order valence-electron chi connectivity index (χ0n) is 10.5. The summed E-state index contributed by atoms with van der Waals surface area (Å²) in [7, 11) is 0. The van der Waals surface area contributed by atoms with Gasteiger partial charge in [-0.1, -0.05) is 0 Å². The molecule has 0 aliphatic carbocycles. The van der Waals surface area contributed by atoms with Crippen molar-refractivity contribution in [1.82, 2.24) is 4.90 Å². The van der Waals surface area contributed by atoms with Gasteiger partial charge in [-0.15, -0.1) is 0 Å². The molecule has 0 spiro atoms. The third-order valence-corrected chi connectivity index (χ3v) is 2.52. The van der Waals surface area contributed by atoms with Gasteiger partial charge < -0.3 is 25.5 Å². The fourth-order valence-corrected chi connectivity index (χ4v) is 1.52. The van der Waals surface area contributed by atoms with Crippen molar-refractivity contribution in [3.8, 4) is 5.75 Å². The Hall–Kier alpha value is -2.28. The number of phenols is 1. The SMILES string of the molecule is CCN(CCO)C(=O)Nc1ccc(C(=O)O)c(O)c1. The van der Waals surface area contributed by atoms with E-state index in [1.54, 1.807) is 6.92 Å². The third kappa shape index (κ3) is 3.85. The van der Waals surface area contributed by atoms with Crippen molar-refractivity contribution >= 4 is 17.7 Å². The van der Waals surface area contributed by atoms with E-state index in [1.807, 2.05) is 0 Å². The number of amides is 2. The topological polar surface area (TPSA) is 110 Å². The van der Waals surface area contributed by atoms with Crippen molar-refractivity contribution in [3.63, 3.8) is 0 Å². The van der Waals surface area contributed by atoms with Gasteiger partial charge in [0.2, 0.25) is 0 Å². The summed E-state index contributed by atoms with van der Waals surface area (Å²) in [5.41, 5.74) is 0.0459. The molecule has 0 aliphatic rings. The molecule has 0 radical (unpaired) electrons. The summed E-state index contributed by atoms with van der Waals surface area (Å²) in [6, 6.07) is 3.32. The number of carbonyl (C=O) groups excluding carboxylic acids is 1. The van der Waals surface area contributed by atoms with Gasteiger partial charge in [-0.05, 0) is 19.1 Å². The Bertz CT molecular complexity index is 475. The third-order valence-electron chi connectivity index (χ3n) is 2.52. The Morgan fingerprint density at radius 1 is 1.37 bits per heavy atom. The standard InChI is InChI=1S/C12H16N2O5/c1-2-14(5-6-15)12(19)13-8-3-4-9(11(17)18)10(16)7-8/h3-4,7,15-16H,2,5-6H2,1H3,(H,13,19)(H,17,18). The zero-order chi connectivity index (χ0) is 14.4. The fraction of sp³-hybridized carbons (Fsp3) is 0.333. The average molecular weight is 268 g/mol. The second kappa shape index (κ2) is 6.60. The highest BCUT2D eigenvalue weighted by Gasteiger charge is 2.13. The lowest BCUT2D eigenvalue weighted by Crippen LogP contribution is -2.36. The van der Waals surface area contributed by atoms with Gasteiger partial charge >= 0.3 is 12.0 Å². The molecule has 0 aromatic heterocycles. The van der Waals surface area contributed by atoms with Crippen molar-refractivity contribution < 1.29 is 24.9 Å². The van der Waals surface area contributed by atoms with E-state index in [0.29, 0.717) is 6.54 Å². The van der Waals surface area contributed by atoms with Gasteiger partial charge in [-0.3, -0.25) is 0 Å². The number of aromatic hydroxyl groups is 1. The number of likely N-dealkylation sites (N-methyl/N-ethyl adjacent to an activating group) is 1. The smallest absolute Gasteiger partial charge is 0.339 e. The van der Waals surface area contributed by atoms with Crippen molar-refractivity contribution in [2.75, 3.05) is 25.0 Å². The van der Waals surface area contributed by atoms with E-state index < -0.39 is 17.7 Å². The molecule has 0 heterocycles. The van der Waals surface area contributed by atoms with Crippen molar-refractivity contribution in [1.29, 1.82) is 0 Å². The molecule has 7 nitrogen and oxygen atoms in total. The molecule has 0 saturated carbocycles. The van der Waals surface area contributed by atoms with E-state index in [1.165, 1.54) is 17.0 Å². The monoisotopic (exact) mass is 268 g/mol. The van der Waals surface area contributed by atoms with E-state index in [-0.39, 0.29) is 24.4 Å². The quantitative estimate of drug-likeness (QED) is 0.635. The van der Waals surface area contributed by atoms with Crippen LogP contribution in [0.4, 0.5) is 10.5 Å². The van der Waals surface area contributed by atoms with Crippen LogP contribution in [-0.4, -0.2) is 51.9 Å². The highest BCUT2D eigenvalue weighted by atomic mass is 16.4. The first-order valence-corrected chi connectivity index (χ1v) is 5.72. The first kappa shape index (κ1) is 14.8. The Kier molecular flexibility index (Phi) is 5.13. The lowest BCUT2D eigenvalue weighted by Gasteiger charge is -2.20. The predicted octanol–water partition coefficient (Wildman–Crippen LogP) is 0.937. The number of carboxylic acids is 1. The molecular formula is C12H16N2O5. The summed E-state index contributed by atoms with van der Waals surface area (Å²) >= 11 is 0. The molecule has 0 atom stereocenters. The van der Waals surface area contributed by atoms with Gasteiger partial charge in [-0.2, -0.15) is 0 Å². The fourth-order valence-electron chi connectivity index (χ4n) is 1.52. The molecule has 0 saturated heterocycles. The predicted molar refractivity (Wildman–Crippen MR) is 68.4 cm³/mol. The molecule has 0 fully saturated rings. The molecular weight excluding hydrogens is 252 g/mol. The van der Waals surface area contributed by atoms with Crippen LogP contribution < -0.4 is 5.32 Å². The number of urea groups is 1. The van der Waals surface area contributed by atoms with Crippen molar-refractivity contribution in [3.05, 3.63) is 23.8 Å². The van der Waals surface area contributed by atoms with E-state index in [4.69, 9.17) is 10.2 Å². The molecule has 104 valence electrons. The highest BCUT2D eigenvalue weighted by molar-refractivity contribution is 5.93. The molecule has 4 N–H and O–H groups in total. The summed E-state index contributed by atoms with van der Waals surface area (Å²) in [6.07, 6.45) is 0. The molecule has 1 rings (SSSR count). The van der Waals surface area contributed by atoms with Crippen LogP contribution in [0, 0.1) is 0 Å². The van der Waals surface area contributed by atoms with Gasteiger partial charge in [0, 0.05) is 24.8 Å². The van der Waals surface area contributed by atoms with E-state index in [2.05, 4.69) is 5.32 Å². The van der Waals surface area contributed by atoms with Crippen LogP contribution in [0.25, 0.3) is 0 Å². The Morgan fingerprint density at radius 3 is 2.53 bits per heavy atom. The lowest BCUT2D eigenvalue weighted by molar-refractivity contribution is 0.0694. The molecule has 0 aliphatic heterocycles. The second-order valence-electron chi connectivity index (χ2n) is 3.77.